The zero-order valence-electron chi connectivity index (χ0n) is 16.3. The van der Waals surface area contributed by atoms with E-state index in [0.29, 0.717) is 32.0 Å². The van der Waals surface area contributed by atoms with Crippen molar-refractivity contribution in [2.24, 2.45) is 5.92 Å². The van der Waals surface area contributed by atoms with Crippen LogP contribution in [0.4, 0.5) is 29.6 Å². The number of halogens is 3. The minimum absolute atomic E-state index is 0.0677. The third-order valence-electron chi connectivity index (χ3n) is 4.91. The molecule has 166 valence electrons. The summed E-state index contributed by atoms with van der Waals surface area (Å²) in [6.45, 7) is 1.43. The number of alkyl halides is 3. The van der Waals surface area contributed by atoms with Gasteiger partial charge in [-0.1, -0.05) is 0 Å². The van der Waals surface area contributed by atoms with Crippen LogP contribution in [0.5, 0.6) is 5.75 Å². The molecule has 1 fully saturated rings. The van der Waals surface area contributed by atoms with E-state index in [1.54, 1.807) is 4.90 Å². The van der Waals surface area contributed by atoms with Crippen molar-refractivity contribution in [1.29, 1.82) is 0 Å². The SMILES string of the molecule is O=C(NCCC1CCN(c2nccc(C(F)(F)F)n2)CC1)Oc1ccc([N+](=O)[O-])cc1. The fraction of sp³-hybridized carbons (Fsp3) is 0.421. The molecule has 0 unspecified atom stereocenters. The van der Waals surface area contributed by atoms with Gasteiger partial charge in [0.05, 0.1) is 4.92 Å². The highest BCUT2D eigenvalue weighted by atomic mass is 19.4. The first-order valence-electron chi connectivity index (χ1n) is 9.57. The molecule has 2 aromatic rings. The predicted molar refractivity (Wildman–Crippen MR) is 104 cm³/mol. The second-order valence-corrected chi connectivity index (χ2v) is 7.03. The number of non-ortho nitro benzene ring substituents is 1. The van der Waals surface area contributed by atoms with Crippen LogP contribution in [0, 0.1) is 16.0 Å². The van der Waals surface area contributed by atoms with Crippen molar-refractivity contribution < 1.29 is 27.6 Å². The Labute approximate surface area is 175 Å². The summed E-state index contributed by atoms with van der Waals surface area (Å²) < 4.78 is 43.5. The first kappa shape index (κ1) is 22.2. The molecular formula is C19H20F3N5O4. The fourth-order valence-electron chi connectivity index (χ4n) is 3.24. The van der Waals surface area contributed by atoms with Crippen LogP contribution in [0.2, 0.25) is 0 Å². The number of carbonyl (C=O) groups excluding carboxylic acids is 1. The average Bonchev–Trinajstić information content (AvgIpc) is 2.74. The minimum Gasteiger partial charge on any atom is -0.410 e. The van der Waals surface area contributed by atoms with Crippen LogP contribution in [0.3, 0.4) is 0 Å². The first-order valence-corrected chi connectivity index (χ1v) is 9.57. The molecule has 0 spiro atoms. The average molecular weight is 439 g/mol. The number of nitrogens with zero attached hydrogens (tertiary/aromatic N) is 4. The maximum absolute atomic E-state index is 12.8. The van der Waals surface area contributed by atoms with Gasteiger partial charge in [-0.25, -0.2) is 14.8 Å². The van der Waals surface area contributed by atoms with Gasteiger partial charge in [-0.15, -0.1) is 0 Å². The van der Waals surface area contributed by atoms with Crippen molar-refractivity contribution in [2.45, 2.75) is 25.4 Å². The minimum atomic E-state index is -4.51. The molecule has 12 heteroatoms. The number of nitro benzene ring substituents is 1. The summed E-state index contributed by atoms with van der Waals surface area (Å²) in [5.41, 5.74) is -1.06. The molecule has 1 aliphatic rings. The summed E-state index contributed by atoms with van der Waals surface area (Å²) in [4.78, 5) is 31.2. The van der Waals surface area contributed by atoms with Crippen LogP contribution >= 0.6 is 0 Å². The van der Waals surface area contributed by atoms with E-state index in [2.05, 4.69) is 15.3 Å². The number of piperidine rings is 1. The number of carbonyl (C=O) groups is 1. The summed E-state index contributed by atoms with van der Waals surface area (Å²) in [5, 5.41) is 13.2. The van der Waals surface area contributed by atoms with Gasteiger partial charge >= 0.3 is 12.3 Å². The maximum atomic E-state index is 12.8. The predicted octanol–water partition coefficient (Wildman–Crippen LogP) is 3.80. The number of aromatic nitrogens is 2. The van der Waals surface area contributed by atoms with E-state index in [-0.39, 0.29) is 17.4 Å². The molecule has 0 radical (unpaired) electrons. The second-order valence-electron chi connectivity index (χ2n) is 7.03. The molecule has 1 aliphatic heterocycles. The van der Waals surface area contributed by atoms with Gasteiger partial charge in [-0.05, 0) is 43.4 Å². The summed E-state index contributed by atoms with van der Waals surface area (Å²) in [6.07, 6.45) is -1.91. The van der Waals surface area contributed by atoms with Crippen LogP contribution in [0.1, 0.15) is 25.0 Å². The van der Waals surface area contributed by atoms with E-state index in [1.807, 2.05) is 0 Å². The lowest BCUT2D eigenvalue weighted by molar-refractivity contribution is -0.384. The van der Waals surface area contributed by atoms with Crippen molar-refractivity contribution in [3.8, 4) is 5.75 Å². The highest BCUT2D eigenvalue weighted by Gasteiger charge is 2.33. The number of hydrogen-bond donors (Lipinski definition) is 1. The molecular weight excluding hydrogens is 419 g/mol. The molecule has 3 rings (SSSR count). The molecule has 0 saturated carbocycles. The number of ether oxygens (including phenoxy) is 1. The molecule has 1 aromatic heterocycles. The monoisotopic (exact) mass is 439 g/mol. The number of nitrogens with one attached hydrogen (secondary N) is 1. The van der Waals surface area contributed by atoms with Crippen LogP contribution in [0.15, 0.2) is 36.5 Å². The van der Waals surface area contributed by atoms with Gasteiger partial charge in [0.1, 0.15) is 11.4 Å². The Morgan fingerprint density at radius 1 is 1.23 bits per heavy atom. The molecule has 0 aliphatic carbocycles. The highest BCUT2D eigenvalue weighted by molar-refractivity contribution is 5.70. The Morgan fingerprint density at radius 3 is 2.52 bits per heavy atom. The lowest BCUT2D eigenvalue weighted by Gasteiger charge is -2.32. The molecule has 31 heavy (non-hydrogen) atoms. The molecule has 1 aromatic carbocycles. The zero-order chi connectivity index (χ0) is 22.4. The van der Waals surface area contributed by atoms with Crippen molar-refractivity contribution in [1.82, 2.24) is 15.3 Å². The molecule has 0 atom stereocenters. The van der Waals surface area contributed by atoms with Gasteiger partial charge in [-0.2, -0.15) is 13.2 Å². The van der Waals surface area contributed by atoms with Crippen molar-refractivity contribution >= 4 is 17.7 Å². The topological polar surface area (TPSA) is 110 Å². The second kappa shape index (κ2) is 9.58. The van der Waals surface area contributed by atoms with Crippen LogP contribution in [-0.4, -0.2) is 40.6 Å². The van der Waals surface area contributed by atoms with Gasteiger partial charge in [0.2, 0.25) is 5.95 Å². The molecule has 1 saturated heterocycles. The lowest BCUT2D eigenvalue weighted by atomic mass is 9.94. The van der Waals surface area contributed by atoms with Crippen molar-refractivity contribution in [3.05, 3.63) is 52.3 Å². The zero-order valence-corrected chi connectivity index (χ0v) is 16.3. The number of amides is 1. The summed E-state index contributed by atoms with van der Waals surface area (Å²) in [7, 11) is 0. The van der Waals surface area contributed by atoms with E-state index in [1.165, 1.54) is 24.3 Å². The normalized spacial score (nSPS) is 14.9. The quantitative estimate of drug-likeness (QED) is 0.538. The summed E-state index contributed by atoms with van der Waals surface area (Å²) in [5.74, 6) is 0.553. The molecule has 0 bridgehead atoms. The maximum Gasteiger partial charge on any atom is 0.433 e. The van der Waals surface area contributed by atoms with Gasteiger partial charge in [-0.3, -0.25) is 10.1 Å². The summed E-state index contributed by atoms with van der Waals surface area (Å²) >= 11 is 0. The Morgan fingerprint density at radius 2 is 1.90 bits per heavy atom. The largest absolute Gasteiger partial charge is 0.433 e. The smallest absolute Gasteiger partial charge is 0.410 e. The Balaban J connectivity index is 1.39. The third-order valence-corrected chi connectivity index (χ3v) is 4.91. The van der Waals surface area contributed by atoms with E-state index >= 15 is 0 Å². The van der Waals surface area contributed by atoms with Crippen molar-refractivity contribution in [2.75, 3.05) is 24.5 Å². The molecule has 9 nitrogen and oxygen atoms in total. The van der Waals surface area contributed by atoms with Gasteiger partial charge < -0.3 is 15.0 Å². The Hall–Kier alpha value is -3.44. The van der Waals surface area contributed by atoms with Crippen LogP contribution < -0.4 is 15.0 Å². The third kappa shape index (κ3) is 6.27. The van der Waals surface area contributed by atoms with E-state index in [9.17, 15) is 28.1 Å². The van der Waals surface area contributed by atoms with Crippen LogP contribution in [0.25, 0.3) is 0 Å². The van der Waals surface area contributed by atoms with E-state index in [0.717, 1.165) is 25.1 Å². The van der Waals surface area contributed by atoms with E-state index in [4.69, 9.17) is 4.74 Å². The van der Waals surface area contributed by atoms with Crippen molar-refractivity contribution in [3.63, 3.8) is 0 Å². The van der Waals surface area contributed by atoms with Gasteiger partial charge in [0.15, 0.2) is 0 Å². The number of benzene rings is 1. The number of hydrogen-bond acceptors (Lipinski definition) is 7. The molecule has 1 amide bonds. The number of anilines is 1. The van der Waals surface area contributed by atoms with E-state index < -0.39 is 22.9 Å². The lowest BCUT2D eigenvalue weighted by Crippen LogP contribution is -2.36. The van der Waals surface area contributed by atoms with Gasteiger partial charge in [0, 0.05) is 38.0 Å². The Bertz CT molecular complexity index is 916. The Kier molecular flexibility index (Phi) is 6.88. The number of nitro groups is 1. The molecule has 2 heterocycles. The van der Waals surface area contributed by atoms with Gasteiger partial charge in [0.25, 0.3) is 5.69 Å². The standard InChI is InChI=1S/C19H20F3N5O4/c20-19(21,22)16-6-10-23-17(25-16)26-11-7-13(8-12-26)5-9-24-18(28)31-15-3-1-14(2-4-15)27(29)30/h1-4,6,10,13H,5,7-9,11-12H2,(H,24,28). The fourth-order valence-corrected chi connectivity index (χ4v) is 3.24. The number of rotatable bonds is 6. The van der Waals surface area contributed by atoms with Crippen LogP contribution in [-0.2, 0) is 6.18 Å². The molecule has 1 N–H and O–H groups in total. The first-order chi connectivity index (χ1) is 14.7. The highest BCUT2D eigenvalue weighted by Crippen LogP contribution is 2.29. The summed E-state index contributed by atoms with van der Waals surface area (Å²) in [6, 6.07) is 6.00.